The number of nitrogens with zero attached hydrogens (tertiary/aromatic N) is 2. The summed E-state index contributed by atoms with van der Waals surface area (Å²) in [7, 11) is 0. The summed E-state index contributed by atoms with van der Waals surface area (Å²) in [5.41, 5.74) is 11.4. The monoisotopic (exact) mass is 524 g/mol. The van der Waals surface area contributed by atoms with Gasteiger partial charge in [0.15, 0.2) is 11.4 Å². The van der Waals surface area contributed by atoms with Crippen molar-refractivity contribution in [2.45, 2.75) is 51.2 Å². The smallest absolute Gasteiger partial charge is 0.332 e. The lowest BCUT2D eigenvalue weighted by molar-refractivity contribution is -0.158. The summed E-state index contributed by atoms with van der Waals surface area (Å²) in [5.74, 6) is -2.36. The highest BCUT2D eigenvalue weighted by Gasteiger charge is 2.30. The molecule has 2 heterocycles. The molecule has 0 aliphatic carbocycles. The van der Waals surface area contributed by atoms with Crippen molar-refractivity contribution in [1.29, 1.82) is 0 Å². The predicted molar refractivity (Wildman–Crippen MR) is 140 cm³/mol. The third-order valence-corrected chi connectivity index (χ3v) is 6.50. The van der Waals surface area contributed by atoms with Crippen molar-refractivity contribution in [3.8, 4) is 0 Å². The van der Waals surface area contributed by atoms with Crippen molar-refractivity contribution in [2.24, 2.45) is 11.5 Å². The molecule has 38 heavy (non-hydrogen) atoms. The molecule has 0 saturated carbocycles. The second kappa shape index (κ2) is 10.8. The number of esters is 2. The van der Waals surface area contributed by atoms with E-state index < -0.39 is 23.4 Å². The molecule has 0 aliphatic heterocycles. The van der Waals surface area contributed by atoms with Gasteiger partial charge in [0.05, 0.1) is 13.1 Å². The van der Waals surface area contributed by atoms with Crippen LogP contribution in [0, 0.1) is 11.6 Å². The molecule has 0 amide bonds. The maximum absolute atomic E-state index is 13.5. The van der Waals surface area contributed by atoms with Gasteiger partial charge in [-0.15, -0.1) is 0 Å². The zero-order valence-corrected chi connectivity index (χ0v) is 21.2. The topological polar surface area (TPSA) is 114 Å². The minimum absolute atomic E-state index is 0.124. The molecule has 2 aromatic carbocycles. The molecular weight excluding hydrogens is 494 g/mol. The molecule has 10 heteroatoms. The number of hydrogen-bond donors (Lipinski definition) is 2. The van der Waals surface area contributed by atoms with Gasteiger partial charge in [0.25, 0.3) is 0 Å². The first-order valence-corrected chi connectivity index (χ1v) is 12.2. The van der Waals surface area contributed by atoms with Crippen LogP contribution in [0.15, 0.2) is 73.1 Å². The molecule has 2 aromatic heterocycles. The Morgan fingerprint density at radius 3 is 1.53 bits per heavy atom. The number of aromatic nitrogens is 2. The minimum atomic E-state index is -1.37. The summed E-state index contributed by atoms with van der Waals surface area (Å²) in [6, 6.07) is 12.2. The number of rotatable bonds is 10. The zero-order valence-electron chi connectivity index (χ0n) is 21.2. The van der Waals surface area contributed by atoms with Gasteiger partial charge in [-0.1, -0.05) is 13.8 Å². The molecule has 0 spiro atoms. The lowest BCUT2D eigenvalue weighted by atomic mass is 10.1. The van der Waals surface area contributed by atoms with Crippen molar-refractivity contribution in [2.75, 3.05) is 0 Å². The SMILES string of the molecule is CC[C@@](N)(Cn1ccc2cc(F)ccc21)OC(=O)/C=C/C(=O)O[C@@](N)(CC)Cn1ccc2cc(F)ccc21. The predicted octanol–water partition coefficient (Wildman–Crippen LogP) is 4.35. The molecule has 8 nitrogen and oxygen atoms in total. The molecule has 4 N–H and O–H groups in total. The highest BCUT2D eigenvalue weighted by molar-refractivity contribution is 5.92. The van der Waals surface area contributed by atoms with E-state index in [4.69, 9.17) is 20.9 Å². The molecule has 0 bridgehead atoms. The van der Waals surface area contributed by atoms with Crippen LogP contribution in [0.1, 0.15) is 26.7 Å². The van der Waals surface area contributed by atoms with Gasteiger partial charge < -0.3 is 18.6 Å². The van der Waals surface area contributed by atoms with Crippen molar-refractivity contribution < 1.29 is 27.8 Å². The number of hydrogen-bond acceptors (Lipinski definition) is 6. The molecule has 0 saturated heterocycles. The van der Waals surface area contributed by atoms with Crippen LogP contribution in [0.25, 0.3) is 21.8 Å². The van der Waals surface area contributed by atoms with Gasteiger partial charge in [-0.05, 0) is 61.4 Å². The Bertz CT molecular complexity index is 1400. The summed E-state index contributed by atoms with van der Waals surface area (Å²) < 4.78 is 41.5. The number of carbonyl (C=O) groups is 2. The van der Waals surface area contributed by atoms with E-state index in [2.05, 4.69) is 0 Å². The Morgan fingerprint density at radius 2 is 1.16 bits per heavy atom. The van der Waals surface area contributed by atoms with Gasteiger partial charge in [0.2, 0.25) is 0 Å². The van der Waals surface area contributed by atoms with E-state index in [0.717, 1.165) is 23.2 Å². The molecule has 0 aliphatic rings. The first-order valence-electron chi connectivity index (χ1n) is 12.2. The van der Waals surface area contributed by atoms with Crippen molar-refractivity contribution >= 4 is 33.7 Å². The minimum Gasteiger partial charge on any atom is -0.439 e. The molecule has 4 rings (SSSR count). The van der Waals surface area contributed by atoms with Crippen LogP contribution in [-0.2, 0) is 32.2 Å². The van der Waals surface area contributed by atoms with Crippen LogP contribution in [-0.4, -0.2) is 32.5 Å². The van der Waals surface area contributed by atoms with Crippen molar-refractivity contribution in [3.05, 3.63) is 84.7 Å². The number of halogens is 2. The fourth-order valence-corrected chi connectivity index (χ4v) is 4.23. The van der Waals surface area contributed by atoms with Crippen molar-refractivity contribution in [3.63, 3.8) is 0 Å². The van der Waals surface area contributed by atoms with E-state index in [1.807, 2.05) is 0 Å². The Kier molecular flexibility index (Phi) is 7.66. The summed E-state index contributed by atoms with van der Waals surface area (Å²) >= 11 is 0. The number of fused-ring (bicyclic) bond motifs is 2. The van der Waals surface area contributed by atoms with E-state index in [9.17, 15) is 18.4 Å². The van der Waals surface area contributed by atoms with E-state index in [0.29, 0.717) is 10.8 Å². The lowest BCUT2D eigenvalue weighted by Crippen LogP contribution is -2.47. The molecule has 2 atom stereocenters. The molecule has 200 valence electrons. The Hall–Kier alpha value is -4.02. The number of ether oxygens (including phenoxy) is 2. The van der Waals surface area contributed by atoms with E-state index in [1.54, 1.807) is 59.6 Å². The summed E-state index contributed by atoms with van der Waals surface area (Å²) in [6.45, 7) is 3.78. The summed E-state index contributed by atoms with van der Waals surface area (Å²) in [6.07, 6.45) is 5.92. The molecular formula is C28H30F2N4O4. The quantitative estimate of drug-likeness (QED) is 0.181. The van der Waals surface area contributed by atoms with Crippen LogP contribution in [0.2, 0.25) is 0 Å². The Balaban J connectivity index is 1.39. The lowest BCUT2D eigenvalue weighted by Gasteiger charge is -2.29. The van der Waals surface area contributed by atoms with Crippen LogP contribution < -0.4 is 11.5 Å². The number of benzene rings is 2. The Morgan fingerprint density at radius 1 is 0.763 bits per heavy atom. The molecule has 0 radical (unpaired) electrons. The van der Waals surface area contributed by atoms with E-state index >= 15 is 0 Å². The maximum atomic E-state index is 13.5. The van der Waals surface area contributed by atoms with Crippen LogP contribution in [0.5, 0.6) is 0 Å². The highest BCUT2D eigenvalue weighted by Crippen LogP contribution is 2.23. The second-order valence-electron chi connectivity index (χ2n) is 9.31. The molecule has 0 unspecified atom stereocenters. The number of nitrogens with two attached hydrogens (primary N) is 2. The van der Waals surface area contributed by atoms with Crippen LogP contribution >= 0.6 is 0 Å². The normalized spacial score (nSPS) is 15.0. The fourth-order valence-electron chi connectivity index (χ4n) is 4.23. The van der Waals surface area contributed by atoms with Crippen molar-refractivity contribution in [1.82, 2.24) is 9.13 Å². The zero-order chi connectivity index (χ0) is 27.5. The second-order valence-corrected chi connectivity index (χ2v) is 9.31. The van der Waals surface area contributed by atoms with Gasteiger partial charge in [0, 0.05) is 46.4 Å². The molecule has 0 fully saturated rings. The van der Waals surface area contributed by atoms with Gasteiger partial charge in [-0.3, -0.25) is 11.5 Å². The van der Waals surface area contributed by atoms with Gasteiger partial charge in [-0.2, -0.15) is 0 Å². The summed E-state index contributed by atoms with van der Waals surface area (Å²) in [4.78, 5) is 25.0. The number of carbonyl (C=O) groups excluding carboxylic acids is 2. The van der Waals surface area contributed by atoms with Crippen LogP contribution in [0.4, 0.5) is 8.78 Å². The third-order valence-electron chi connectivity index (χ3n) is 6.50. The van der Waals surface area contributed by atoms with Gasteiger partial charge in [0.1, 0.15) is 11.6 Å². The van der Waals surface area contributed by atoms with Crippen LogP contribution in [0.3, 0.4) is 0 Å². The average Bonchev–Trinajstić information content (AvgIpc) is 3.45. The molecule has 4 aromatic rings. The van der Waals surface area contributed by atoms with E-state index in [1.165, 1.54) is 24.3 Å². The van der Waals surface area contributed by atoms with Gasteiger partial charge >= 0.3 is 11.9 Å². The highest BCUT2D eigenvalue weighted by atomic mass is 19.1. The first kappa shape index (κ1) is 27.0. The summed E-state index contributed by atoms with van der Waals surface area (Å²) in [5, 5.41) is 1.39. The van der Waals surface area contributed by atoms with Gasteiger partial charge in [-0.25, -0.2) is 18.4 Å². The standard InChI is InChI=1S/C28H30F2N4O4/c1-3-27(31,17-33-13-11-19-15-21(29)5-7-23(19)33)37-25(35)9-10-26(36)38-28(32,4-2)18-34-14-12-20-16-22(30)6-8-24(20)34/h5-16H,3-4,17-18,31-32H2,1-2H3/b10-9+/t27-,28-/m0/s1. The first-order chi connectivity index (χ1) is 18.0. The Labute approximate surface area is 218 Å². The third kappa shape index (κ3) is 6.09. The fraction of sp³-hybridized carbons (Fsp3) is 0.286. The van der Waals surface area contributed by atoms with E-state index in [-0.39, 0.29) is 37.6 Å². The average molecular weight is 525 g/mol. The maximum Gasteiger partial charge on any atom is 0.332 e. The largest absolute Gasteiger partial charge is 0.439 e.